The SMILES string of the molecule is CC(Cc1cncnn1)C(=O)O. The average molecular weight is 167 g/mol. The molecule has 5 nitrogen and oxygen atoms in total. The van der Waals surface area contributed by atoms with E-state index >= 15 is 0 Å². The minimum atomic E-state index is -0.833. The number of aliphatic carboxylic acids is 1. The van der Waals surface area contributed by atoms with E-state index in [9.17, 15) is 4.79 Å². The van der Waals surface area contributed by atoms with Gasteiger partial charge in [0.1, 0.15) is 6.33 Å². The van der Waals surface area contributed by atoms with Crippen molar-refractivity contribution in [3.05, 3.63) is 18.2 Å². The van der Waals surface area contributed by atoms with E-state index in [0.717, 1.165) is 0 Å². The van der Waals surface area contributed by atoms with E-state index in [1.807, 2.05) is 0 Å². The lowest BCUT2D eigenvalue weighted by Gasteiger charge is -2.02. The van der Waals surface area contributed by atoms with Crippen molar-refractivity contribution >= 4 is 5.97 Å². The normalized spacial score (nSPS) is 12.4. The first-order valence-electron chi connectivity index (χ1n) is 3.54. The number of aromatic nitrogens is 3. The lowest BCUT2D eigenvalue weighted by atomic mass is 10.1. The van der Waals surface area contributed by atoms with Gasteiger partial charge in [-0.15, -0.1) is 5.10 Å². The van der Waals surface area contributed by atoms with Crippen molar-refractivity contribution < 1.29 is 9.90 Å². The molecule has 5 heteroatoms. The van der Waals surface area contributed by atoms with E-state index in [-0.39, 0.29) is 0 Å². The van der Waals surface area contributed by atoms with Crippen molar-refractivity contribution in [2.24, 2.45) is 5.92 Å². The fourth-order valence-corrected chi connectivity index (χ4v) is 0.770. The quantitative estimate of drug-likeness (QED) is 0.692. The van der Waals surface area contributed by atoms with Crippen LogP contribution in [0.5, 0.6) is 0 Å². The molecule has 0 spiro atoms. The highest BCUT2D eigenvalue weighted by Gasteiger charge is 2.12. The third kappa shape index (κ3) is 2.26. The van der Waals surface area contributed by atoms with Crippen LogP contribution in [0.3, 0.4) is 0 Å². The van der Waals surface area contributed by atoms with Gasteiger partial charge in [0.05, 0.1) is 17.8 Å². The van der Waals surface area contributed by atoms with Crippen LogP contribution in [0.25, 0.3) is 0 Å². The van der Waals surface area contributed by atoms with Gasteiger partial charge in [-0.05, 0) is 0 Å². The Kier molecular flexibility index (Phi) is 2.68. The van der Waals surface area contributed by atoms with Gasteiger partial charge in [-0.2, -0.15) is 5.10 Å². The first-order valence-corrected chi connectivity index (χ1v) is 3.54. The van der Waals surface area contributed by atoms with E-state index in [2.05, 4.69) is 15.2 Å². The van der Waals surface area contributed by atoms with E-state index < -0.39 is 11.9 Å². The van der Waals surface area contributed by atoms with E-state index in [4.69, 9.17) is 5.11 Å². The Morgan fingerprint density at radius 1 is 1.75 bits per heavy atom. The highest BCUT2D eigenvalue weighted by molar-refractivity contribution is 5.69. The molecule has 1 N–H and O–H groups in total. The summed E-state index contributed by atoms with van der Waals surface area (Å²) in [6, 6.07) is 0. The Morgan fingerprint density at radius 3 is 3.00 bits per heavy atom. The molecule has 0 aliphatic heterocycles. The highest BCUT2D eigenvalue weighted by Crippen LogP contribution is 2.02. The summed E-state index contributed by atoms with van der Waals surface area (Å²) in [4.78, 5) is 14.2. The molecule has 1 aromatic rings. The summed E-state index contributed by atoms with van der Waals surface area (Å²) in [5, 5.41) is 15.8. The number of carbonyl (C=O) groups is 1. The van der Waals surface area contributed by atoms with Crippen molar-refractivity contribution in [1.82, 2.24) is 15.2 Å². The first kappa shape index (κ1) is 8.58. The van der Waals surface area contributed by atoms with Crippen LogP contribution in [0, 0.1) is 5.92 Å². The standard InChI is InChI=1S/C7H9N3O2/c1-5(7(11)12)2-6-3-8-4-9-10-6/h3-5H,2H2,1H3,(H,11,12). The maximum atomic E-state index is 10.4. The molecule has 0 fully saturated rings. The lowest BCUT2D eigenvalue weighted by molar-refractivity contribution is -0.141. The van der Waals surface area contributed by atoms with Crippen LogP contribution in [0.2, 0.25) is 0 Å². The zero-order valence-corrected chi connectivity index (χ0v) is 6.64. The smallest absolute Gasteiger partial charge is 0.306 e. The number of carboxylic acids is 1. The zero-order chi connectivity index (χ0) is 8.97. The van der Waals surface area contributed by atoms with E-state index in [1.165, 1.54) is 12.5 Å². The molecule has 0 aromatic carbocycles. The molecule has 0 bridgehead atoms. The highest BCUT2D eigenvalue weighted by atomic mass is 16.4. The molecule has 1 aromatic heterocycles. The number of rotatable bonds is 3. The van der Waals surface area contributed by atoms with Crippen LogP contribution in [0.15, 0.2) is 12.5 Å². The summed E-state index contributed by atoms with van der Waals surface area (Å²) >= 11 is 0. The molecule has 1 rings (SSSR count). The topological polar surface area (TPSA) is 76.0 Å². The Balaban J connectivity index is 2.58. The van der Waals surface area contributed by atoms with Crippen molar-refractivity contribution in [2.45, 2.75) is 13.3 Å². The molecule has 0 aliphatic carbocycles. The Morgan fingerprint density at radius 2 is 2.50 bits per heavy atom. The summed E-state index contributed by atoms with van der Waals surface area (Å²) in [6.45, 7) is 1.62. The van der Waals surface area contributed by atoms with Crippen LogP contribution in [0.4, 0.5) is 0 Å². The van der Waals surface area contributed by atoms with Gasteiger partial charge in [0.2, 0.25) is 0 Å². The lowest BCUT2D eigenvalue weighted by Crippen LogP contribution is -2.13. The molecular formula is C7H9N3O2. The van der Waals surface area contributed by atoms with Gasteiger partial charge in [-0.25, -0.2) is 4.98 Å². The second-order valence-electron chi connectivity index (χ2n) is 2.54. The predicted molar refractivity (Wildman–Crippen MR) is 40.3 cm³/mol. The summed E-state index contributed by atoms with van der Waals surface area (Å²) in [5.41, 5.74) is 0.604. The van der Waals surface area contributed by atoms with Crippen molar-refractivity contribution in [2.75, 3.05) is 0 Å². The molecule has 12 heavy (non-hydrogen) atoms. The van der Waals surface area contributed by atoms with Gasteiger partial charge in [0.15, 0.2) is 0 Å². The van der Waals surface area contributed by atoms with Crippen molar-refractivity contribution in [3.63, 3.8) is 0 Å². The third-order valence-corrected chi connectivity index (χ3v) is 1.46. The maximum absolute atomic E-state index is 10.4. The minimum absolute atomic E-state index is 0.371. The van der Waals surface area contributed by atoms with Crippen LogP contribution >= 0.6 is 0 Å². The summed E-state index contributed by atoms with van der Waals surface area (Å²) in [5.74, 6) is -1.27. The molecule has 0 aliphatic rings. The van der Waals surface area contributed by atoms with E-state index in [1.54, 1.807) is 6.92 Å². The van der Waals surface area contributed by atoms with Crippen LogP contribution in [-0.2, 0) is 11.2 Å². The molecule has 1 unspecified atom stereocenters. The number of carboxylic acid groups (broad SMARTS) is 1. The fraction of sp³-hybridized carbons (Fsp3) is 0.429. The first-order chi connectivity index (χ1) is 5.70. The molecule has 64 valence electrons. The van der Waals surface area contributed by atoms with E-state index in [0.29, 0.717) is 12.1 Å². The maximum Gasteiger partial charge on any atom is 0.306 e. The summed E-state index contributed by atoms with van der Waals surface area (Å²) in [7, 11) is 0. The van der Waals surface area contributed by atoms with Crippen LogP contribution in [-0.4, -0.2) is 26.3 Å². The third-order valence-electron chi connectivity index (χ3n) is 1.46. The average Bonchev–Trinajstić information content (AvgIpc) is 2.06. The number of hydrogen-bond donors (Lipinski definition) is 1. The van der Waals surface area contributed by atoms with Gasteiger partial charge in [0, 0.05) is 6.42 Å². The number of hydrogen-bond acceptors (Lipinski definition) is 4. The molecule has 0 saturated carbocycles. The molecule has 0 radical (unpaired) electrons. The van der Waals surface area contributed by atoms with Gasteiger partial charge in [-0.3, -0.25) is 4.79 Å². The second kappa shape index (κ2) is 3.75. The van der Waals surface area contributed by atoms with Gasteiger partial charge in [0.25, 0.3) is 0 Å². The monoisotopic (exact) mass is 167 g/mol. The van der Waals surface area contributed by atoms with Gasteiger partial charge in [-0.1, -0.05) is 6.92 Å². The summed E-state index contributed by atoms with van der Waals surface area (Å²) in [6.07, 6.45) is 3.21. The second-order valence-corrected chi connectivity index (χ2v) is 2.54. The Labute approximate surface area is 69.5 Å². The molecular weight excluding hydrogens is 158 g/mol. The fourth-order valence-electron chi connectivity index (χ4n) is 0.770. The molecule has 0 amide bonds. The summed E-state index contributed by atoms with van der Waals surface area (Å²) < 4.78 is 0. The van der Waals surface area contributed by atoms with Crippen LogP contribution in [0.1, 0.15) is 12.6 Å². The van der Waals surface area contributed by atoms with Crippen molar-refractivity contribution in [1.29, 1.82) is 0 Å². The zero-order valence-electron chi connectivity index (χ0n) is 6.64. The predicted octanol–water partition coefficient (Wildman–Crippen LogP) is 0.135. The van der Waals surface area contributed by atoms with Crippen LogP contribution < -0.4 is 0 Å². The molecule has 1 heterocycles. The molecule has 1 atom stereocenters. The molecule has 0 saturated heterocycles. The van der Waals surface area contributed by atoms with Gasteiger partial charge < -0.3 is 5.11 Å². The minimum Gasteiger partial charge on any atom is -0.481 e. The number of nitrogens with zero attached hydrogens (tertiary/aromatic N) is 3. The van der Waals surface area contributed by atoms with Crippen molar-refractivity contribution in [3.8, 4) is 0 Å². The largest absolute Gasteiger partial charge is 0.481 e. The Bertz CT molecular complexity index is 263. The van der Waals surface area contributed by atoms with Gasteiger partial charge >= 0.3 is 5.97 Å². The Hall–Kier alpha value is -1.52.